The number of benzene rings is 1. The first-order chi connectivity index (χ1) is 20.4. The Morgan fingerprint density at radius 3 is 2.90 bits per heavy atom. The highest BCUT2D eigenvalue weighted by atomic mass is 16.4. The van der Waals surface area contributed by atoms with Gasteiger partial charge in [-0.2, -0.15) is 10.2 Å². The molecule has 0 radical (unpaired) electrons. The Balaban J connectivity index is 1.05. The Kier molecular flexibility index (Phi) is 7.92. The minimum atomic E-state index is -1.03. The van der Waals surface area contributed by atoms with Gasteiger partial charge in [-0.1, -0.05) is 18.2 Å². The maximum absolute atomic E-state index is 13.4. The predicted octanol–water partition coefficient (Wildman–Crippen LogP) is 3.25. The quantitative estimate of drug-likeness (QED) is 0.265. The Labute approximate surface area is 244 Å². The number of amides is 1. The summed E-state index contributed by atoms with van der Waals surface area (Å²) in [5.74, 6) is 0.159. The van der Waals surface area contributed by atoms with Crippen LogP contribution in [0.15, 0.2) is 42.7 Å². The van der Waals surface area contributed by atoms with Crippen molar-refractivity contribution in [1.82, 2.24) is 34.8 Å². The number of nitrogens with zero attached hydrogens (tertiary/aromatic N) is 6. The van der Waals surface area contributed by atoms with Crippen LogP contribution >= 0.6 is 0 Å². The van der Waals surface area contributed by atoms with Crippen molar-refractivity contribution < 1.29 is 14.7 Å². The molecule has 1 saturated heterocycles. The van der Waals surface area contributed by atoms with E-state index < -0.39 is 17.9 Å². The zero-order valence-corrected chi connectivity index (χ0v) is 24.2. The van der Waals surface area contributed by atoms with Gasteiger partial charge in [0.15, 0.2) is 0 Å². The van der Waals surface area contributed by atoms with E-state index in [-0.39, 0.29) is 0 Å². The van der Waals surface area contributed by atoms with Crippen LogP contribution in [-0.4, -0.2) is 78.6 Å². The topological polar surface area (TPSA) is 130 Å². The lowest BCUT2D eigenvalue weighted by atomic mass is 10.00. The fourth-order valence-electron chi connectivity index (χ4n) is 6.29. The van der Waals surface area contributed by atoms with Gasteiger partial charge >= 0.3 is 5.97 Å². The van der Waals surface area contributed by atoms with Crippen LogP contribution in [0.4, 0.5) is 5.82 Å². The van der Waals surface area contributed by atoms with Gasteiger partial charge < -0.3 is 20.6 Å². The van der Waals surface area contributed by atoms with E-state index in [1.807, 2.05) is 19.3 Å². The zero-order chi connectivity index (χ0) is 29.2. The number of fused-ring (bicyclic) bond motifs is 2. The maximum Gasteiger partial charge on any atom is 0.326 e. The van der Waals surface area contributed by atoms with Crippen molar-refractivity contribution in [1.29, 1.82) is 0 Å². The van der Waals surface area contributed by atoms with Crippen LogP contribution in [0.25, 0.3) is 22.2 Å². The number of para-hydroxylation sites is 1. The Bertz CT molecular complexity index is 1610. The highest BCUT2D eigenvalue weighted by molar-refractivity contribution is 6.09. The van der Waals surface area contributed by atoms with Crippen LogP contribution in [0.2, 0.25) is 0 Å². The van der Waals surface area contributed by atoms with Gasteiger partial charge in [0.2, 0.25) is 0 Å². The molecular formula is C31H38N8O3. The fourth-order valence-corrected chi connectivity index (χ4v) is 6.29. The Morgan fingerprint density at radius 2 is 2.10 bits per heavy atom. The number of carboxylic acids is 1. The van der Waals surface area contributed by atoms with Crippen LogP contribution in [0.3, 0.4) is 0 Å². The molecule has 5 heterocycles. The molecule has 1 fully saturated rings. The summed E-state index contributed by atoms with van der Waals surface area (Å²) in [5, 5.41) is 25.8. The van der Waals surface area contributed by atoms with Gasteiger partial charge in [-0.05, 0) is 68.7 Å². The number of pyridine rings is 1. The molecular weight excluding hydrogens is 532 g/mol. The molecule has 0 bridgehead atoms. The lowest BCUT2D eigenvalue weighted by molar-refractivity contribution is -0.139. The van der Waals surface area contributed by atoms with Gasteiger partial charge in [0, 0.05) is 56.6 Å². The summed E-state index contributed by atoms with van der Waals surface area (Å²) < 4.78 is 3.37. The molecule has 3 aromatic heterocycles. The number of aryl methyl sites for hydroxylation is 4. The number of likely N-dealkylation sites (tertiary alicyclic amines) is 1. The van der Waals surface area contributed by atoms with Crippen molar-refractivity contribution in [3.63, 3.8) is 0 Å². The summed E-state index contributed by atoms with van der Waals surface area (Å²) in [4.78, 5) is 32.7. The fraction of sp³-hybridized carbons (Fsp3) is 0.452. The van der Waals surface area contributed by atoms with Crippen molar-refractivity contribution in [2.24, 2.45) is 20.0 Å². The molecule has 11 nitrogen and oxygen atoms in total. The molecule has 3 N–H and O–H groups in total. The third kappa shape index (κ3) is 5.87. The standard InChI is InChI=1S/C31H38N8O3/c1-37-19-22(17-33-37)27-24-6-3-7-25(28(24)38(2)36-27)30(40)35-26(31(41)42)13-16-39-15-12-20(18-39)8-10-23-11-9-21-5-4-14-32-29(21)34-23/h3,6-7,9,11,17,19-20,26H,4-5,8,10,12-16,18H2,1-2H3,(H,32,34)(H,35,40)(H,41,42)/t20-,26+/m1/s1. The molecule has 1 amide bonds. The van der Waals surface area contributed by atoms with E-state index in [9.17, 15) is 14.7 Å². The number of hydrogen-bond donors (Lipinski definition) is 3. The Morgan fingerprint density at radius 1 is 1.21 bits per heavy atom. The van der Waals surface area contributed by atoms with Gasteiger partial charge in [-0.3, -0.25) is 14.2 Å². The van der Waals surface area contributed by atoms with E-state index in [0.29, 0.717) is 30.0 Å². The molecule has 2 aliphatic rings. The lowest BCUT2D eigenvalue weighted by Crippen LogP contribution is -2.43. The molecule has 4 aromatic rings. The number of anilines is 1. The maximum atomic E-state index is 13.4. The third-order valence-electron chi connectivity index (χ3n) is 8.56. The van der Waals surface area contributed by atoms with Crippen LogP contribution in [0, 0.1) is 5.92 Å². The second kappa shape index (κ2) is 11.9. The monoisotopic (exact) mass is 570 g/mol. The first kappa shape index (κ1) is 27.9. The second-order valence-corrected chi connectivity index (χ2v) is 11.6. The SMILES string of the molecule is Cn1cc(-c2nn(C)c3c(C(=O)N[C@@H](CCN4CC[C@@H](CCc5ccc6c(n5)NCCC6)C4)C(=O)O)cccc23)cn1. The average Bonchev–Trinajstić information content (AvgIpc) is 3.72. The smallest absolute Gasteiger partial charge is 0.326 e. The van der Waals surface area contributed by atoms with Crippen LogP contribution in [0.1, 0.15) is 47.3 Å². The molecule has 42 heavy (non-hydrogen) atoms. The van der Waals surface area contributed by atoms with E-state index in [1.54, 1.807) is 34.7 Å². The number of carboxylic acid groups (broad SMARTS) is 1. The van der Waals surface area contributed by atoms with E-state index in [4.69, 9.17) is 4.98 Å². The number of carbonyl (C=O) groups excluding carboxylic acids is 1. The molecule has 2 atom stereocenters. The molecule has 0 unspecified atom stereocenters. The number of aliphatic carboxylic acids is 1. The normalized spacial score (nSPS) is 17.6. The Hall–Kier alpha value is -4.25. The van der Waals surface area contributed by atoms with E-state index in [1.165, 1.54) is 5.56 Å². The van der Waals surface area contributed by atoms with Crippen LogP contribution in [-0.2, 0) is 31.7 Å². The first-order valence-electron chi connectivity index (χ1n) is 14.8. The molecule has 220 valence electrons. The third-order valence-corrected chi connectivity index (χ3v) is 8.56. The first-order valence-corrected chi connectivity index (χ1v) is 14.8. The number of aromatic nitrogens is 5. The van der Waals surface area contributed by atoms with E-state index in [0.717, 1.165) is 79.9 Å². The highest BCUT2D eigenvalue weighted by Gasteiger charge is 2.27. The molecule has 0 saturated carbocycles. The van der Waals surface area contributed by atoms with Crippen LogP contribution in [0.5, 0.6) is 0 Å². The van der Waals surface area contributed by atoms with Crippen molar-refractivity contribution in [2.45, 2.75) is 44.6 Å². The predicted molar refractivity (Wildman–Crippen MR) is 160 cm³/mol. The molecule has 0 aliphatic carbocycles. The second-order valence-electron chi connectivity index (χ2n) is 11.6. The molecule has 11 heteroatoms. The summed E-state index contributed by atoms with van der Waals surface area (Å²) in [7, 11) is 3.63. The van der Waals surface area contributed by atoms with Gasteiger partial charge in [0.1, 0.15) is 17.6 Å². The van der Waals surface area contributed by atoms with Crippen molar-refractivity contribution in [2.75, 3.05) is 31.5 Å². The number of nitrogens with one attached hydrogen (secondary N) is 2. The average molecular weight is 571 g/mol. The van der Waals surface area contributed by atoms with Crippen molar-refractivity contribution in [3.8, 4) is 11.3 Å². The van der Waals surface area contributed by atoms with E-state index >= 15 is 0 Å². The summed E-state index contributed by atoms with van der Waals surface area (Å²) in [5.41, 5.74) is 5.08. The van der Waals surface area contributed by atoms with Crippen molar-refractivity contribution in [3.05, 3.63) is 59.5 Å². The summed E-state index contributed by atoms with van der Waals surface area (Å²) in [6.45, 7) is 3.49. The largest absolute Gasteiger partial charge is 0.480 e. The number of hydrogen-bond acceptors (Lipinski definition) is 7. The van der Waals surface area contributed by atoms with E-state index in [2.05, 4.69) is 37.9 Å². The lowest BCUT2D eigenvalue weighted by Gasteiger charge is -2.20. The number of rotatable bonds is 10. The molecule has 1 aromatic carbocycles. The molecule has 0 spiro atoms. The van der Waals surface area contributed by atoms with Gasteiger partial charge in [-0.15, -0.1) is 0 Å². The van der Waals surface area contributed by atoms with Gasteiger partial charge in [-0.25, -0.2) is 9.78 Å². The van der Waals surface area contributed by atoms with Gasteiger partial charge in [0.25, 0.3) is 5.91 Å². The molecule has 6 rings (SSSR count). The summed E-state index contributed by atoms with van der Waals surface area (Å²) >= 11 is 0. The van der Waals surface area contributed by atoms with Crippen molar-refractivity contribution >= 4 is 28.6 Å². The highest BCUT2D eigenvalue weighted by Crippen LogP contribution is 2.29. The minimum absolute atomic E-state index is 0.341. The summed E-state index contributed by atoms with van der Waals surface area (Å²) in [6.07, 6.45) is 9.31. The zero-order valence-electron chi connectivity index (χ0n) is 24.2. The number of carbonyl (C=O) groups is 2. The molecule has 2 aliphatic heterocycles. The van der Waals surface area contributed by atoms with Gasteiger partial charge in [0.05, 0.1) is 17.3 Å². The van der Waals surface area contributed by atoms with Crippen LogP contribution < -0.4 is 10.6 Å². The minimum Gasteiger partial charge on any atom is -0.480 e. The summed E-state index contributed by atoms with van der Waals surface area (Å²) in [6, 6.07) is 8.81.